The molecule has 0 amide bonds. The Kier molecular flexibility index (Phi) is 10.4. The zero-order valence-electron chi connectivity index (χ0n) is 69.2. The summed E-state index contributed by atoms with van der Waals surface area (Å²) in [7, 11) is 0. The first-order chi connectivity index (χ1) is 55.0. The lowest BCUT2D eigenvalue weighted by Gasteiger charge is -2.46. The molecule has 4 nitrogen and oxygen atoms in total. The highest BCUT2D eigenvalue weighted by Gasteiger charge is 2.45. The van der Waals surface area contributed by atoms with E-state index in [1.165, 1.54) is 6.07 Å². The average molecular weight is 1280 g/mol. The Morgan fingerprint density at radius 3 is 1.00 bits per heavy atom. The second-order valence-corrected chi connectivity index (χ2v) is 26.5. The number of rotatable bonds is 10. The van der Waals surface area contributed by atoms with E-state index in [2.05, 4.69) is 152 Å². The third kappa shape index (κ3) is 9.59. The Bertz CT molecular complexity index is 6790. The van der Waals surface area contributed by atoms with Gasteiger partial charge >= 0.3 is 0 Å². The molecule has 0 saturated carbocycles. The van der Waals surface area contributed by atoms with Crippen LogP contribution in [0.1, 0.15) is 46.9 Å². The Labute approximate surface area is 599 Å². The number of benzene rings is 15. The van der Waals surface area contributed by atoms with E-state index in [-0.39, 0.29) is 67.8 Å². The number of hydrogen-bond acceptors (Lipinski definition) is 2. The molecule has 0 N–H and O–H groups in total. The van der Waals surface area contributed by atoms with Crippen LogP contribution in [0.2, 0.25) is 0 Å². The molecule has 0 unspecified atom stereocenters. The maximum Gasteiger partial charge on any atom is 0.252 e. The zero-order chi connectivity index (χ0) is 78.9. The monoisotopic (exact) mass is 1280 g/mol. The van der Waals surface area contributed by atoms with Crippen molar-refractivity contribution in [2.45, 2.75) is 26.2 Å². The molecule has 466 valence electrons. The lowest BCUT2D eigenvalue weighted by Crippen LogP contribution is -2.61. The smallest absolute Gasteiger partial charge is 0.252 e. The summed E-state index contributed by atoms with van der Waals surface area (Å²) in [6.07, 6.45) is 0. The molecule has 0 spiro atoms. The third-order valence-corrected chi connectivity index (χ3v) is 19.8. The van der Waals surface area contributed by atoms with Gasteiger partial charge in [-0.3, -0.25) is 0 Å². The van der Waals surface area contributed by atoms with Gasteiger partial charge in [-0.05, 0) is 192 Å². The van der Waals surface area contributed by atoms with Crippen LogP contribution in [0.5, 0.6) is 0 Å². The van der Waals surface area contributed by atoms with Crippen molar-refractivity contribution in [2.24, 2.45) is 0 Å². The minimum atomic E-state index is -0.685. The van der Waals surface area contributed by atoms with Crippen molar-refractivity contribution >= 4 is 101 Å². The maximum absolute atomic E-state index is 9.78. The van der Waals surface area contributed by atoms with Gasteiger partial charge in [-0.15, -0.1) is 0 Å². The quantitative estimate of drug-likeness (QED) is 0.127. The van der Waals surface area contributed by atoms with Crippen LogP contribution in [-0.4, -0.2) is 15.8 Å². The fraction of sp³-hybridized carbons (Fsp3) is 0.0426. The third-order valence-electron chi connectivity index (χ3n) is 19.8. The molecule has 0 bridgehead atoms. The van der Waals surface area contributed by atoms with E-state index in [4.69, 9.17) is 5.48 Å². The van der Waals surface area contributed by atoms with Crippen LogP contribution in [0, 0.1) is 0 Å². The van der Waals surface area contributed by atoms with Crippen LogP contribution in [0.3, 0.4) is 0 Å². The highest BCUT2D eigenvalue weighted by Crippen LogP contribution is 2.52. The van der Waals surface area contributed by atoms with Gasteiger partial charge in [0.2, 0.25) is 0 Å². The summed E-state index contributed by atoms with van der Waals surface area (Å²) in [5.41, 5.74) is 19.7. The zero-order valence-corrected chi connectivity index (χ0v) is 54.2. The van der Waals surface area contributed by atoms with Crippen molar-refractivity contribution in [3.8, 4) is 78.1 Å². The molecule has 0 fully saturated rings. The van der Waals surface area contributed by atoms with E-state index >= 15 is 0 Å². The Hall–Kier alpha value is -12.4. The van der Waals surface area contributed by atoms with Crippen molar-refractivity contribution in [1.29, 1.82) is 0 Å². The van der Waals surface area contributed by atoms with Gasteiger partial charge in [0.25, 0.3) is 6.71 Å². The Morgan fingerprint density at radius 2 is 0.606 bits per heavy atom. The molecule has 0 atom stereocenters. The van der Waals surface area contributed by atoms with Crippen LogP contribution in [-0.2, 0) is 5.41 Å². The van der Waals surface area contributed by atoms with Crippen LogP contribution >= 0.6 is 0 Å². The SMILES string of the molecule is [2H]c1cc2c(c([2H])c1[2H])c1c([2H])c([2H])c([2H])c([2H])c1n2-c1ccc2c(c1)N(c1ccccc1-c1cc(-c3ccccc3)cc(-c3ccccc3)c1)c1cc(C(C)(C)C)cc3c1B2c1ccc(-n2c4c([2H])c([2H])c([2H])c([2H])c4c4c([2H])c([2H])c([2H])c([2H])c42)cc1N3c1ccccc1-c1cc(-c2ccccc2)cc(-c2ccccc2)c1. The van der Waals surface area contributed by atoms with E-state index in [0.29, 0.717) is 22.7 Å². The van der Waals surface area contributed by atoms with Gasteiger partial charge in [0, 0.05) is 66.8 Å². The molecular weight excluding hydrogens is 1200 g/mol. The molecule has 19 rings (SSSR count). The number of para-hydroxylation sites is 6. The predicted octanol–water partition coefficient (Wildman–Crippen LogP) is 23.3. The minimum absolute atomic E-state index is 0.0337. The van der Waals surface area contributed by atoms with Crippen molar-refractivity contribution in [1.82, 2.24) is 9.13 Å². The first kappa shape index (κ1) is 44.3. The topological polar surface area (TPSA) is 16.3 Å². The second kappa shape index (κ2) is 23.2. The van der Waals surface area contributed by atoms with Crippen LogP contribution in [0.4, 0.5) is 34.1 Å². The van der Waals surface area contributed by atoms with Crippen LogP contribution < -0.4 is 26.2 Å². The Balaban J connectivity index is 0.966. The molecule has 4 heterocycles. The lowest BCUT2D eigenvalue weighted by molar-refractivity contribution is 0.590. The molecule has 2 aromatic heterocycles. The van der Waals surface area contributed by atoms with Gasteiger partial charge in [0.05, 0.1) is 54.0 Å². The normalized spacial score (nSPS) is 14.7. The Morgan fingerprint density at radius 1 is 0.273 bits per heavy atom. The molecular formula is C94H67BN4. The summed E-state index contributed by atoms with van der Waals surface area (Å²) in [6.45, 7) is 5.85. The first-order valence-corrected chi connectivity index (χ1v) is 33.3. The van der Waals surface area contributed by atoms with E-state index in [1.807, 2.05) is 133 Å². The van der Waals surface area contributed by atoms with Gasteiger partial charge in [0.15, 0.2) is 0 Å². The van der Waals surface area contributed by atoms with Crippen molar-refractivity contribution in [3.63, 3.8) is 0 Å². The highest BCUT2D eigenvalue weighted by molar-refractivity contribution is 7.00. The summed E-state index contributed by atoms with van der Waals surface area (Å²) in [5, 5.41) is 0.0295. The fourth-order valence-electron chi connectivity index (χ4n) is 15.2. The number of aromatic nitrogens is 2. The van der Waals surface area contributed by atoms with E-state index in [1.54, 1.807) is 9.13 Å². The molecule has 5 heteroatoms. The minimum Gasteiger partial charge on any atom is -0.311 e. The van der Waals surface area contributed by atoms with Crippen molar-refractivity contribution in [2.75, 3.05) is 9.80 Å². The molecule has 2 aliphatic rings. The molecule has 2 aliphatic heterocycles. The standard InChI is InChI=1S/C94H67BN4/c1-94(2,3)72-58-91-93-92(59-72)99(84-43-23-17-37-76(84)71-56-68(64-32-12-6-13-33-64)53-69(57-71)65-34-14-7-15-35-65)90-61-74(97-87-46-26-20-40-79(87)80-41-21-27-47-88(80)97)49-51-82(90)95(93)81-50-48-73(96-85-44-24-18-38-77(85)78-39-19-25-45-86(78)96)60-89(81)98(91)83-42-22-16-36-75(83)70-54-66(62-28-8-4-9-29-62)52-67(55-70)63-30-10-5-11-31-63/h4-61H,1-3H3/i18D,19D,20D,21D,24D,25D,26D,27D,38D,39D,40D,41D,44D,45D,46D. The lowest BCUT2D eigenvalue weighted by atomic mass is 9.33. The van der Waals surface area contributed by atoms with Crippen LogP contribution in [0.25, 0.3) is 122 Å². The summed E-state index contributed by atoms with van der Waals surface area (Å²) in [4.78, 5) is 4.60. The molecule has 0 saturated heterocycles. The largest absolute Gasteiger partial charge is 0.311 e. The summed E-state index contributed by atoms with van der Waals surface area (Å²) in [5.74, 6) is 0. The molecule has 0 aliphatic carbocycles. The number of nitrogens with zero attached hydrogens (tertiary/aromatic N) is 4. The predicted molar refractivity (Wildman–Crippen MR) is 420 cm³/mol. The molecule has 15 aromatic carbocycles. The van der Waals surface area contributed by atoms with Crippen LogP contribution in [0.15, 0.2) is 351 Å². The molecule has 0 radical (unpaired) electrons. The van der Waals surface area contributed by atoms with Gasteiger partial charge in [-0.1, -0.05) is 263 Å². The fourth-order valence-corrected chi connectivity index (χ4v) is 15.2. The van der Waals surface area contributed by atoms with Crippen molar-refractivity contribution in [3.05, 3.63) is 357 Å². The van der Waals surface area contributed by atoms with Gasteiger partial charge in [0.1, 0.15) is 0 Å². The number of hydrogen-bond donors (Lipinski definition) is 0. The molecule has 99 heavy (non-hydrogen) atoms. The average Bonchev–Trinajstić information content (AvgIpc) is 0.770. The summed E-state index contributed by atoms with van der Waals surface area (Å²) >= 11 is 0. The van der Waals surface area contributed by atoms with E-state index in [9.17, 15) is 15.1 Å². The van der Waals surface area contributed by atoms with E-state index < -0.39 is 78.6 Å². The number of anilines is 6. The van der Waals surface area contributed by atoms with Crippen molar-refractivity contribution < 1.29 is 20.6 Å². The summed E-state index contributed by atoms with van der Waals surface area (Å²) < 4.78 is 144. The van der Waals surface area contributed by atoms with Gasteiger partial charge in [-0.25, -0.2) is 0 Å². The second-order valence-electron chi connectivity index (χ2n) is 26.5. The van der Waals surface area contributed by atoms with Gasteiger partial charge in [-0.2, -0.15) is 0 Å². The maximum atomic E-state index is 9.78. The summed E-state index contributed by atoms with van der Waals surface area (Å²) in [6, 6.07) is 82.2. The van der Waals surface area contributed by atoms with Gasteiger partial charge < -0.3 is 18.9 Å². The molecule has 17 aromatic rings. The highest BCUT2D eigenvalue weighted by atomic mass is 15.2. The first-order valence-electron chi connectivity index (χ1n) is 40.8. The van der Waals surface area contributed by atoms with E-state index in [0.717, 1.165) is 111 Å². The number of fused-ring (bicyclic) bond motifs is 10.